The van der Waals surface area contributed by atoms with Crippen LogP contribution in [0.4, 0.5) is 0 Å². The van der Waals surface area contributed by atoms with Gasteiger partial charge in [-0.15, -0.1) is 0 Å². The first-order valence-corrected chi connectivity index (χ1v) is 7.67. The fourth-order valence-electron chi connectivity index (χ4n) is 2.03. The van der Waals surface area contributed by atoms with Gasteiger partial charge in [0.15, 0.2) is 0 Å². The van der Waals surface area contributed by atoms with E-state index in [9.17, 15) is 0 Å². The Bertz CT molecular complexity index is 345. The summed E-state index contributed by atoms with van der Waals surface area (Å²) in [7, 11) is 1.66. The van der Waals surface area contributed by atoms with Crippen molar-refractivity contribution in [2.75, 3.05) is 19.9 Å². The predicted molar refractivity (Wildman–Crippen MR) is 79.3 cm³/mol. The molecule has 3 nitrogen and oxygen atoms in total. The fraction of sp³-hybridized carbons (Fsp3) is 0.643. The zero-order valence-corrected chi connectivity index (χ0v) is 12.6. The number of nitrogens with one attached hydrogen (secondary N) is 1. The van der Waals surface area contributed by atoms with E-state index in [-0.39, 0.29) is 0 Å². The average molecular weight is 268 g/mol. The molecule has 0 aliphatic heterocycles. The molecule has 1 aromatic rings. The molecular formula is C14H24N2OS. The summed E-state index contributed by atoms with van der Waals surface area (Å²) in [6.07, 6.45) is 6.32. The zero-order chi connectivity index (χ0) is 13.4. The molecule has 102 valence electrons. The van der Waals surface area contributed by atoms with Crippen molar-refractivity contribution in [3.8, 4) is 5.88 Å². The lowest BCUT2D eigenvalue weighted by Gasteiger charge is -2.30. The molecule has 0 saturated heterocycles. The summed E-state index contributed by atoms with van der Waals surface area (Å²) in [5.74, 6) is 0.716. The molecule has 0 radical (unpaired) electrons. The predicted octanol–water partition coefficient (Wildman–Crippen LogP) is 3.10. The monoisotopic (exact) mass is 268 g/mol. The highest BCUT2D eigenvalue weighted by molar-refractivity contribution is 8.00. The summed E-state index contributed by atoms with van der Waals surface area (Å²) in [6, 6.07) is 4.00. The van der Waals surface area contributed by atoms with Gasteiger partial charge in [-0.05, 0) is 25.2 Å². The van der Waals surface area contributed by atoms with Crippen LogP contribution in [0.1, 0.15) is 32.3 Å². The van der Waals surface area contributed by atoms with E-state index in [1.807, 2.05) is 17.8 Å². The van der Waals surface area contributed by atoms with Crippen molar-refractivity contribution in [3.63, 3.8) is 0 Å². The van der Waals surface area contributed by atoms with Crippen LogP contribution < -0.4 is 10.1 Å². The third kappa shape index (κ3) is 3.89. The molecule has 0 amide bonds. The fourth-order valence-corrected chi connectivity index (χ4v) is 2.85. The van der Waals surface area contributed by atoms with Gasteiger partial charge in [0, 0.05) is 29.6 Å². The van der Waals surface area contributed by atoms with Gasteiger partial charge in [0.05, 0.1) is 7.11 Å². The molecule has 0 unspecified atom stereocenters. The average Bonchev–Trinajstić information content (AvgIpc) is 2.44. The Morgan fingerprint density at radius 1 is 1.39 bits per heavy atom. The summed E-state index contributed by atoms with van der Waals surface area (Å²) in [5, 5.41) is 3.53. The summed E-state index contributed by atoms with van der Waals surface area (Å²) in [4.78, 5) is 4.21. The second-order valence-corrected chi connectivity index (χ2v) is 5.64. The topological polar surface area (TPSA) is 34.2 Å². The first-order valence-electron chi connectivity index (χ1n) is 6.45. The minimum Gasteiger partial charge on any atom is -0.481 e. The van der Waals surface area contributed by atoms with E-state index < -0.39 is 0 Å². The van der Waals surface area contributed by atoms with Crippen LogP contribution in [0.15, 0.2) is 18.3 Å². The number of nitrogens with zero attached hydrogens (tertiary/aromatic N) is 1. The number of ether oxygens (including phenoxy) is 1. The standard InChI is InChI=1S/C14H24N2OS/c1-5-14(6-2,18-4)11-15-10-12-8-7-9-16-13(12)17-3/h7-9,15H,5-6,10-11H2,1-4H3. The maximum Gasteiger partial charge on any atom is 0.217 e. The summed E-state index contributed by atoms with van der Waals surface area (Å²) < 4.78 is 5.59. The SMILES string of the molecule is CCC(CC)(CNCc1cccnc1OC)SC. The molecule has 0 aromatic carbocycles. The lowest BCUT2D eigenvalue weighted by Crippen LogP contribution is -2.36. The highest BCUT2D eigenvalue weighted by atomic mass is 32.2. The lowest BCUT2D eigenvalue weighted by molar-refractivity contribution is 0.389. The maximum absolute atomic E-state index is 5.25. The molecule has 0 saturated carbocycles. The van der Waals surface area contributed by atoms with Crippen LogP contribution in [-0.2, 0) is 6.54 Å². The number of pyridine rings is 1. The van der Waals surface area contributed by atoms with E-state index in [1.54, 1.807) is 13.3 Å². The van der Waals surface area contributed by atoms with Crippen LogP contribution in [0, 0.1) is 0 Å². The minimum absolute atomic E-state index is 0.343. The molecule has 18 heavy (non-hydrogen) atoms. The molecule has 0 spiro atoms. The van der Waals surface area contributed by atoms with Crippen molar-refractivity contribution in [3.05, 3.63) is 23.9 Å². The van der Waals surface area contributed by atoms with Crippen molar-refractivity contribution >= 4 is 11.8 Å². The maximum atomic E-state index is 5.25. The van der Waals surface area contributed by atoms with Gasteiger partial charge in [-0.1, -0.05) is 19.9 Å². The van der Waals surface area contributed by atoms with Crippen LogP contribution in [0.5, 0.6) is 5.88 Å². The molecule has 1 N–H and O–H groups in total. The minimum atomic E-state index is 0.343. The van der Waals surface area contributed by atoms with E-state index in [4.69, 9.17) is 4.74 Å². The highest BCUT2D eigenvalue weighted by Crippen LogP contribution is 2.29. The zero-order valence-electron chi connectivity index (χ0n) is 11.8. The van der Waals surface area contributed by atoms with Crippen LogP contribution in [-0.4, -0.2) is 29.6 Å². The normalized spacial score (nSPS) is 11.6. The largest absolute Gasteiger partial charge is 0.481 e. The number of aromatic nitrogens is 1. The van der Waals surface area contributed by atoms with Crippen molar-refractivity contribution < 1.29 is 4.74 Å². The van der Waals surface area contributed by atoms with Gasteiger partial charge in [-0.25, -0.2) is 4.98 Å². The number of thioether (sulfide) groups is 1. The van der Waals surface area contributed by atoms with Gasteiger partial charge in [0.2, 0.25) is 5.88 Å². The van der Waals surface area contributed by atoms with Gasteiger partial charge < -0.3 is 10.1 Å². The Balaban J connectivity index is 2.55. The van der Waals surface area contributed by atoms with E-state index in [0.29, 0.717) is 10.6 Å². The smallest absolute Gasteiger partial charge is 0.217 e. The molecule has 0 atom stereocenters. The highest BCUT2D eigenvalue weighted by Gasteiger charge is 2.24. The Labute approximate surface area is 115 Å². The van der Waals surface area contributed by atoms with E-state index in [1.165, 1.54) is 12.8 Å². The number of hydrogen-bond donors (Lipinski definition) is 1. The van der Waals surface area contributed by atoms with E-state index in [2.05, 4.69) is 36.5 Å². The lowest BCUT2D eigenvalue weighted by atomic mass is 10.0. The van der Waals surface area contributed by atoms with Crippen LogP contribution >= 0.6 is 11.8 Å². The van der Waals surface area contributed by atoms with Crippen LogP contribution in [0.25, 0.3) is 0 Å². The first-order chi connectivity index (χ1) is 8.71. The number of rotatable bonds is 8. The van der Waals surface area contributed by atoms with Gasteiger partial charge in [0.25, 0.3) is 0 Å². The third-order valence-corrected chi connectivity index (χ3v) is 5.12. The molecule has 1 aromatic heterocycles. The second kappa shape index (κ2) is 7.64. The van der Waals surface area contributed by atoms with Gasteiger partial charge in [0.1, 0.15) is 0 Å². The van der Waals surface area contributed by atoms with Gasteiger partial charge in [-0.2, -0.15) is 11.8 Å². The Morgan fingerprint density at radius 3 is 2.67 bits per heavy atom. The molecule has 0 aliphatic rings. The van der Waals surface area contributed by atoms with Crippen molar-refractivity contribution in [1.29, 1.82) is 0 Å². The molecule has 1 heterocycles. The Morgan fingerprint density at radius 2 is 2.11 bits per heavy atom. The summed E-state index contributed by atoms with van der Waals surface area (Å²) >= 11 is 1.95. The van der Waals surface area contributed by atoms with E-state index >= 15 is 0 Å². The molecule has 4 heteroatoms. The van der Waals surface area contributed by atoms with Gasteiger partial charge >= 0.3 is 0 Å². The first kappa shape index (κ1) is 15.3. The second-order valence-electron chi connectivity index (χ2n) is 4.37. The Hall–Kier alpha value is -0.740. The summed E-state index contributed by atoms with van der Waals surface area (Å²) in [5.41, 5.74) is 1.11. The quantitative estimate of drug-likeness (QED) is 0.785. The Kier molecular flexibility index (Phi) is 6.50. The van der Waals surface area contributed by atoms with Crippen molar-refractivity contribution in [2.45, 2.75) is 38.0 Å². The van der Waals surface area contributed by atoms with E-state index in [0.717, 1.165) is 18.7 Å². The number of methoxy groups -OCH3 is 1. The summed E-state index contributed by atoms with van der Waals surface area (Å²) in [6.45, 7) is 6.33. The molecular weight excluding hydrogens is 244 g/mol. The molecule has 0 fully saturated rings. The van der Waals surface area contributed by atoms with Crippen LogP contribution in [0.2, 0.25) is 0 Å². The van der Waals surface area contributed by atoms with Crippen molar-refractivity contribution in [2.24, 2.45) is 0 Å². The van der Waals surface area contributed by atoms with Gasteiger partial charge in [-0.3, -0.25) is 0 Å². The third-order valence-electron chi connectivity index (χ3n) is 3.53. The number of hydrogen-bond acceptors (Lipinski definition) is 4. The molecule has 0 bridgehead atoms. The molecule has 1 rings (SSSR count). The van der Waals surface area contributed by atoms with Crippen LogP contribution in [0.3, 0.4) is 0 Å². The molecule has 0 aliphatic carbocycles. The van der Waals surface area contributed by atoms with Crippen molar-refractivity contribution in [1.82, 2.24) is 10.3 Å².